The number of hydrogen-bond donors (Lipinski definition) is 1. The van der Waals surface area contributed by atoms with Crippen LogP contribution in [0.15, 0.2) is 61.1 Å². The molecule has 0 saturated heterocycles. The maximum atomic E-state index is 13.8. The lowest BCUT2D eigenvalue weighted by atomic mass is 10.0. The summed E-state index contributed by atoms with van der Waals surface area (Å²) in [5.74, 6) is -2.08. The molecular formula is C24H21F3N4O2. The van der Waals surface area contributed by atoms with Crippen molar-refractivity contribution < 1.29 is 22.7 Å². The van der Waals surface area contributed by atoms with E-state index < -0.39 is 17.7 Å². The van der Waals surface area contributed by atoms with E-state index in [-0.39, 0.29) is 29.7 Å². The molecule has 0 spiro atoms. The minimum absolute atomic E-state index is 0.148. The summed E-state index contributed by atoms with van der Waals surface area (Å²) in [5.41, 5.74) is 1.34. The maximum Gasteiger partial charge on any atom is 0.243 e. The second kappa shape index (κ2) is 9.32. The van der Waals surface area contributed by atoms with Gasteiger partial charge in [-0.15, -0.1) is 0 Å². The summed E-state index contributed by atoms with van der Waals surface area (Å²) in [6, 6.07) is 10.3. The molecule has 2 aromatic heterocycles. The van der Waals surface area contributed by atoms with E-state index in [9.17, 15) is 18.0 Å². The van der Waals surface area contributed by atoms with Crippen LogP contribution in [0.5, 0.6) is 11.6 Å². The van der Waals surface area contributed by atoms with Crippen molar-refractivity contribution in [3.63, 3.8) is 0 Å². The Bertz CT molecular complexity index is 1290. The Labute approximate surface area is 188 Å². The van der Waals surface area contributed by atoms with Crippen molar-refractivity contribution in [2.45, 2.75) is 26.4 Å². The first-order valence-electron chi connectivity index (χ1n) is 10.3. The van der Waals surface area contributed by atoms with Gasteiger partial charge in [0.1, 0.15) is 17.6 Å². The number of rotatable bonds is 7. The highest BCUT2D eigenvalue weighted by Gasteiger charge is 2.26. The second-order valence-corrected chi connectivity index (χ2v) is 7.87. The van der Waals surface area contributed by atoms with Gasteiger partial charge in [-0.1, -0.05) is 13.8 Å². The van der Waals surface area contributed by atoms with Gasteiger partial charge in [-0.05, 0) is 41.8 Å². The summed E-state index contributed by atoms with van der Waals surface area (Å²) in [6.45, 7) is 3.91. The molecule has 0 aliphatic rings. The predicted molar refractivity (Wildman–Crippen MR) is 116 cm³/mol. The predicted octanol–water partition coefficient (Wildman–Crippen LogP) is 5.15. The molecule has 4 rings (SSSR count). The first-order chi connectivity index (χ1) is 15.8. The third-order valence-electron chi connectivity index (χ3n) is 5.12. The van der Waals surface area contributed by atoms with Crippen molar-refractivity contribution in [3.8, 4) is 11.6 Å². The van der Waals surface area contributed by atoms with E-state index in [2.05, 4.69) is 15.3 Å². The van der Waals surface area contributed by atoms with Gasteiger partial charge in [0.15, 0.2) is 11.6 Å². The lowest BCUT2D eigenvalue weighted by molar-refractivity contribution is -0.125. The lowest BCUT2D eigenvalue weighted by Gasteiger charge is -2.22. The number of hydrogen-bond acceptors (Lipinski definition) is 4. The van der Waals surface area contributed by atoms with E-state index in [0.717, 1.165) is 17.7 Å². The van der Waals surface area contributed by atoms with E-state index in [1.54, 1.807) is 22.9 Å². The molecule has 33 heavy (non-hydrogen) atoms. The van der Waals surface area contributed by atoms with Gasteiger partial charge < -0.3 is 14.6 Å². The number of ether oxygens (including phenoxy) is 1. The number of imidazole rings is 1. The Balaban J connectivity index is 1.49. The zero-order valence-electron chi connectivity index (χ0n) is 17.9. The SMILES string of the molecule is CC(C)C(C(=O)NCc1ccnc(Oc2ccc(F)cc2)c1)n1cnc2cc(F)c(F)cc21. The van der Waals surface area contributed by atoms with Crippen LogP contribution >= 0.6 is 0 Å². The molecule has 9 heteroatoms. The number of halogens is 3. The molecule has 1 N–H and O–H groups in total. The highest BCUT2D eigenvalue weighted by atomic mass is 19.2. The molecule has 2 heterocycles. The molecule has 6 nitrogen and oxygen atoms in total. The van der Waals surface area contributed by atoms with Gasteiger partial charge >= 0.3 is 0 Å². The molecular weight excluding hydrogens is 433 g/mol. The first kappa shape index (κ1) is 22.3. The molecule has 170 valence electrons. The maximum absolute atomic E-state index is 13.8. The monoisotopic (exact) mass is 454 g/mol. The van der Waals surface area contributed by atoms with E-state index in [1.807, 2.05) is 13.8 Å². The van der Waals surface area contributed by atoms with Crippen LogP contribution in [0.1, 0.15) is 25.5 Å². The summed E-state index contributed by atoms with van der Waals surface area (Å²) in [7, 11) is 0. The standard InChI is InChI=1S/C24H21F3N4O2/c1-14(2)23(31-13-30-20-10-18(26)19(27)11-21(20)31)24(32)29-12-15-7-8-28-22(9-15)33-17-5-3-16(25)4-6-17/h3-11,13-14,23H,12H2,1-2H3,(H,29,32). The van der Waals surface area contributed by atoms with Crippen LogP contribution in [0.25, 0.3) is 11.0 Å². The minimum Gasteiger partial charge on any atom is -0.439 e. The molecule has 0 fully saturated rings. The van der Waals surface area contributed by atoms with Gasteiger partial charge in [0, 0.05) is 30.9 Å². The van der Waals surface area contributed by atoms with Gasteiger partial charge in [-0.25, -0.2) is 23.1 Å². The molecule has 1 atom stereocenters. The third kappa shape index (κ3) is 4.97. The molecule has 1 amide bonds. The van der Waals surface area contributed by atoms with Crippen molar-refractivity contribution in [1.29, 1.82) is 0 Å². The van der Waals surface area contributed by atoms with Crippen LogP contribution in [-0.4, -0.2) is 20.4 Å². The topological polar surface area (TPSA) is 69.0 Å². The summed E-state index contributed by atoms with van der Waals surface area (Å²) in [4.78, 5) is 21.3. The molecule has 4 aromatic rings. The molecule has 0 aliphatic heterocycles. The Hall–Kier alpha value is -3.88. The summed E-state index contributed by atoms with van der Waals surface area (Å²) in [5, 5.41) is 2.87. The van der Waals surface area contributed by atoms with Gasteiger partial charge in [0.25, 0.3) is 0 Å². The highest BCUT2D eigenvalue weighted by Crippen LogP contribution is 2.26. The fraction of sp³-hybridized carbons (Fsp3) is 0.208. The fourth-order valence-corrected chi connectivity index (χ4v) is 3.53. The summed E-state index contributed by atoms with van der Waals surface area (Å²) < 4.78 is 47.6. The van der Waals surface area contributed by atoms with Crippen molar-refractivity contribution in [1.82, 2.24) is 19.9 Å². The molecule has 2 aromatic carbocycles. The Morgan fingerprint density at radius 3 is 2.48 bits per heavy atom. The highest BCUT2D eigenvalue weighted by molar-refractivity contribution is 5.84. The van der Waals surface area contributed by atoms with Gasteiger partial charge in [-0.3, -0.25) is 4.79 Å². The largest absolute Gasteiger partial charge is 0.439 e. The quantitative estimate of drug-likeness (QED) is 0.419. The van der Waals surface area contributed by atoms with E-state index >= 15 is 0 Å². The van der Waals surface area contributed by atoms with Crippen molar-refractivity contribution >= 4 is 16.9 Å². The smallest absolute Gasteiger partial charge is 0.243 e. The first-order valence-corrected chi connectivity index (χ1v) is 10.3. The van der Waals surface area contributed by atoms with Crippen LogP contribution in [0.3, 0.4) is 0 Å². The van der Waals surface area contributed by atoms with Crippen LogP contribution in [0.4, 0.5) is 13.2 Å². The molecule has 0 aliphatic carbocycles. The van der Waals surface area contributed by atoms with Crippen LogP contribution in [-0.2, 0) is 11.3 Å². The van der Waals surface area contributed by atoms with E-state index in [4.69, 9.17) is 4.74 Å². The van der Waals surface area contributed by atoms with Gasteiger partial charge in [0.05, 0.1) is 17.4 Å². The van der Waals surface area contributed by atoms with Gasteiger partial charge in [0.2, 0.25) is 11.8 Å². The molecule has 0 bridgehead atoms. The molecule has 0 radical (unpaired) electrons. The van der Waals surface area contributed by atoms with Crippen molar-refractivity contribution in [2.24, 2.45) is 5.92 Å². The van der Waals surface area contributed by atoms with E-state index in [0.29, 0.717) is 17.1 Å². The number of pyridine rings is 1. The van der Waals surface area contributed by atoms with Crippen LogP contribution < -0.4 is 10.1 Å². The minimum atomic E-state index is -1.00. The van der Waals surface area contributed by atoms with E-state index in [1.165, 1.54) is 30.6 Å². The number of nitrogens with one attached hydrogen (secondary N) is 1. The van der Waals surface area contributed by atoms with Crippen molar-refractivity contribution in [3.05, 3.63) is 84.1 Å². The Kier molecular flexibility index (Phi) is 6.30. The number of carbonyl (C=O) groups is 1. The average Bonchev–Trinajstić information content (AvgIpc) is 3.16. The van der Waals surface area contributed by atoms with Crippen molar-refractivity contribution in [2.75, 3.05) is 0 Å². The number of aromatic nitrogens is 3. The molecule has 1 unspecified atom stereocenters. The summed E-state index contributed by atoms with van der Waals surface area (Å²) >= 11 is 0. The number of carbonyl (C=O) groups excluding carboxylic acids is 1. The fourth-order valence-electron chi connectivity index (χ4n) is 3.53. The van der Waals surface area contributed by atoms with Crippen LogP contribution in [0, 0.1) is 23.4 Å². The zero-order chi connectivity index (χ0) is 23.5. The van der Waals surface area contributed by atoms with Gasteiger partial charge in [-0.2, -0.15) is 0 Å². The number of benzene rings is 2. The number of fused-ring (bicyclic) bond motifs is 1. The van der Waals surface area contributed by atoms with Crippen LogP contribution in [0.2, 0.25) is 0 Å². The lowest BCUT2D eigenvalue weighted by Crippen LogP contribution is -2.34. The average molecular weight is 454 g/mol. The number of nitrogens with zero attached hydrogens (tertiary/aromatic N) is 3. The molecule has 0 saturated carbocycles. The zero-order valence-corrected chi connectivity index (χ0v) is 17.9. The Morgan fingerprint density at radius 2 is 1.76 bits per heavy atom. The third-order valence-corrected chi connectivity index (χ3v) is 5.12. The summed E-state index contributed by atoms with van der Waals surface area (Å²) in [6.07, 6.45) is 2.95. The second-order valence-electron chi connectivity index (χ2n) is 7.87. The normalized spacial score (nSPS) is 12.2. The Morgan fingerprint density at radius 1 is 1.03 bits per heavy atom. The number of amides is 1.